The van der Waals surface area contributed by atoms with E-state index in [-0.39, 0.29) is 59.1 Å². The van der Waals surface area contributed by atoms with Crippen LogP contribution in [0.2, 0.25) is 0 Å². The fourth-order valence-corrected chi connectivity index (χ4v) is 2.71. The van der Waals surface area contributed by atoms with Crippen molar-refractivity contribution in [1.29, 1.82) is 0 Å². The van der Waals surface area contributed by atoms with Gasteiger partial charge in [0.15, 0.2) is 5.60 Å². The molecule has 0 unspecified atom stereocenters. The van der Waals surface area contributed by atoms with Gasteiger partial charge in [-0.3, -0.25) is 9.59 Å². The van der Waals surface area contributed by atoms with Crippen LogP contribution in [0, 0.1) is 0 Å². The zero-order valence-electron chi connectivity index (χ0n) is 23.8. The van der Waals surface area contributed by atoms with Gasteiger partial charge >= 0.3 is 77.0 Å². The summed E-state index contributed by atoms with van der Waals surface area (Å²) in [6.07, 6.45) is 10.4. The monoisotopic (exact) mass is 584 g/mol. The Labute approximate surface area is 274 Å². The van der Waals surface area contributed by atoms with E-state index in [1.54, 1.807) is 0 Å². The van der Waals surface area contributed by atoms with Crippen molar-refractivity contribution >= 4 is 29.8 Å². The third-order valence-corrected chi connectivity index (χ3v) is 4.60. The summed E-state index contributed by atoms with van der Waals surface area (Å²) in [7, 11) is 0. The Morgan fingerprint density at radius 3 is 1.28 bits per heavy atom. The Balaban J connectivity index is -0.000000152. The minimum Gasteiger partial charge on any atom is -0.550 e. The molecule has 0 fully saturated rings. The molecule has 0 aromatic carbocycles. The Hall–Kier alpha value is -0.770. The number of hydrogen-bond donors (Lipinski definition) is 4. The smallest absolute Gasteiger partial charge is 0.550 e. The van der Waals surface area contributed by atoms with Crippen molar-refractivity contribution in [2.45, 2.75) is 109 Å². The SMILES string of the molecule is CCCCCCCCCCCCOOCC.O=C(O)CC(O)(CC(=O)O)C(=O)O.O=C([O-])CCC(=O)[O-].[Na+].[Na+]. The second-order valence-corrected chi connectivity index (χ2v) is 8.13. The van der Waals surface area contributed by atoms with E-state index < -0.39 is 61.1 Å². The van der Waals surface area contributed by atoms with Crippen LogP contribution in [0.1, 0.15) is 104 Å². The zero-order valence-corrected chi connectivity index (χ0v) is 27.8. The zero-order chi connectivity index (χ0) is 29.1. The van der Waals surface area contributed by atoms with E-state index in [0.29, 0.717) is 6.61 Å². The van der Waals surface area contributed by atoms with Crippen molar-refractivity contribution in [3.8, 4) is 0 Å². The fraction of sp³-hybridized carbons (Fsp3) is 0.792. The number of aliphatic hydroxyl groups is 1. The summed E-state index contributed by atoms with van der Waals surface area (Å²) in [4.78, 5) is 59.3. The molecule has 0 saturated heterocycles. The van der Waals surface area contributed by atoms with Crippen LogP contribution in [-0.2, 0) is 33.7 Å². The third-order valence-electron chi connectivity index (χ3n) is 4.60. The molecule has 4 N–H and O–H groups in total. The van der Waals surface area contributed by atoms with Gasteiger partial charge in [0.2, 0.25) is 0 Å². The number of rotatable bonds is 21. The average Bonchev–Trinajstić information content (AvgIpc) is 2.78. The molecule has 0 rings (SSSR count). The summed E-state index contributed by atoms with van der Waals surface area (Å²) in [5.41, 5.74) is -2.74. The van der Waals surface area contributed by atoms with Gasteiger partial charge in [0.25, 0.3) is 0 Å². The first-order chi connectivity index (χ1) is 17.3. The maximum absolute atomic E-state index is 10.3. The molecule has 0 saturated carbocycles. The minimum atomic E-state index is -2.74. The van der Waals surface area contributed by atoms with Crippen LogP contribution in [0.15, 0.2) is 0 Å². The summed E-state index contributed by atoms with van der Waals surface area (Å²) < 4.78 is 0. The molecule has 0 aliphatic heterocycles. The average molecular weight is 585 g/mol. The van der Waals surface area contributed by atoms with Gasteiger partial charge < -0.3 is 40.2 Å². The van der Waals surface area contributed by atoms with Crippen LogP contribution >= 0.6 is 0 Å². The molecule has 0 aliphatic rings. The number of carboxylic acid groups (broad SMARTS) is 5. The number of aliphatic carboxylic acids is 5. The van der Waals surface area contributed by atoms with Gasteiger partial charge in [0.05, 0.1) is 26.1 Å². The molecule has 0 heterocycles. The summed E-state index contributed by atoms with van der Waals surface area (Å²) in [5, 5.41) is 52.8. The van der Waals surface area contributed by atoms with Gasteiger partial charge in [-0.1, -0.05) is 64.7 Å². The Morgan fingerprint density at radius 2 is 1.00 bits per heavy atom. The van der Waals surface area contributed by atoms with Crippen molar-refractivity contribution in [2.75, 3.05) is 13.2 Å². The number of hydrogen-bond acceptors (Lipinski definition) is 10. The first kappa shape index (κ1) is 48.0. The maximum Gasteiger partial charge on any atom is 1.00 e. The van der Waals surface area contributed by atoms with E-state index in [1.807, 2.05) is 6.92 Å². The molecule has 15 heteroatoms. The molecule has 0 aliphatic carbocycles. The normalized spacial score (nSPS) is 9.82. The van der Waals surface area contributed by atoms with E-state index in [9.17, 15) is 34.2 Å². The van der Waals surface area contributed by atoms with E-state index in [4.69, 9.17) is 30.2 Å². The first-order valence-electron chi connectivity index (χ1n) is 12.4. The van der Waals surface area contributed by atoms with E-state index in [2.05, 4.69) is 6.92 Å². The number of carbonyl (C=O) groups is 5. The number of carboxylic acids is 5. The predicted octanol–water partition coefficient (Wildman–Crippen LogP) is -5.10. The fourth-order valence-electron chi connectivity index (χ4n) is 2.71. The largest absolute Gasteiger partial charge is 1.00 e. The van der Waals surface area contributed by atoms with Gasteiger partial charge in [0.1, 0.15) is 0 Å². The molecule has 0 aromatic rings. The first-order valence-corrected chi connectivity index (χ1v) is 12.4. The molecule has 39 heavy (non-hydrogen) atoms. The minimum absolute atomic E-state index is 0. The summed E-state index contributed by atoms with van der Waals surface area (Å²) in [6.45, 7) is 5.62. The third kappa shape index (κ3) is 41.8. The molecule has 218 valence electrons. The molecular weight excluding hydrogens is 542 g/mol. The van der Waals surface area contributed by atoms with Crippen LogP contribution in [0.5, 0.6) is 0 Å². The Bertz CT molecular complexity index is 602. The van der Waals surface area contributed by atoms with Crippen molar-refractivity contribution in [3.05, 3.63) is 0 Å². The van der Waals surface area contributed by atoms with E-state index in [1.165, 1.54) is 57.8 Å². The molecule has 0 radical (unpaired) electrons. The van der Waals surface area contributed by atoms with Crippen LogP contribution in [0.25, 0.3) is 0 Å². The predicted molar refractivity (Wildman–Crippen MR) is 126 cm³/mol. The molecule has 0 atom stereocenters. The van der Waals surface area contributed by atoms with Gasteiger partial charge in [-0.05, 0) is 26.2 Å². The molecule has 0 aromatic heterocycles. The van der Waals surface area contributed by atoms with Crippen LogP contribution in [0.4, 0.5) is 0 Å². The van der Waals surface area contributed by atoms with Gasteiger partial charge in [-0.15, -0.1) is 0 Å². The molecule has 0 amide bonds. The molecule has 13 nitrogen and oxygen atoms in total. The van der Waals surface area contributed by atoms with Crippen molar-refractivity contribution < 1.29 is 124 Å². The number of unbranched alkanes of at least 4 members (excludes halogenated alkanes) is 9. The van der Waals surface area contributed by atoms with Crippen molar-refractivity contribution in [3.63, 3.8) is 0 Å². The second-order valence-electron chi connectivity index (χ2n) is 8.13. The van der Waals surface area contributed by atoms with Crippen molar-refractivity contribution in [2.24, 2.45) is 0 Å². The Kier molecular flexibility index (Phi) is 41.1. The summed E-state index contributed by atoms with van der Waals surface area (Å²) in [5.74, 6) is -7.75. The quantitative estimate of drug-likeness (QED) is 0.0429. The standard InChI is InChI=1S/C14H30O2.C6H8O7.C4H6O4.2Na/c1-3-5-6-7-8-9-10-11-12-13-14-16-15-4-2;7-3(8)1-6(13,5(11)12)2-4(9)10;5-3(6)1-2-4(7)8;;/h3-14H2,1-2H3;13H,1-2H2,(H,7,8)(H,9,10)(H,11,12);1-2H2,(H,5,6)(H,7,8);;/q;;;2*+1/p-2. The molecular formula is C24H42Na2O13. The van der Waals surface area contributed by atoms with E-state index in [0.717, 1.165) is 13.0 Å². The topological polar surface area (TPSA) is 231 Å². The summed E-state index contributed by atoms with van der Waals surface area (Å²) >= 11 is 0. The van der Waals surface area contributed by atoms with Gasteiger partial charge in [-0.25, -0.2) is 14.6 Å². The summed E-state index contributed by atoms with van der Waals surface area (Å²) in [6, 6.07) is 0. The maximum atomic E-state index is 10.3. The van der Waals surface area contributed by atoms with Gasteiger partial charge in [-0.2, -0.15) is 0 Å². The Morgan fingerprint density at radius 1 is 0.641 bits per heavy atom. The molecule has 0 bridgehead atoms. The van der Waals surface area contributed by atoms with E-state index >= 15 is 0 Å². The molecule has 0 spiro atoms. The number of carbonyl (C=O) groups excluding carboxylic acids is 2. The van der Waals surface area contributed by atoms with Gasteiger partial charge in [0, 0.05) is 11.9 Å². The van der Waals surface area contributed by atoms with Crippen LogP contribution in [-0.4, -0.2) is 69.1 Å². The van der Waals surface area contributed by atoms with Crippen LogP contribution < -0.4 is 69.3 Å². The second kappa shape index (κ2) is 33.4. The van der Waals surface area contributed by atoms with Crippen LogP contribution in [0.3, 0.4) is 0 Å². The van der Waals surface area contributed by atoms with Crippen molar-refractivity contribution in [1.82, 2.24) is 0 Å².